The highest BCUT2D eigenvalue weighted by atomic mass is 16.6. The third kappa shape index (κ3) is 2.13. The molecule has 1 aliphatic heterocycles. The van der Waals surface area contributed by atoms with Crippen molar-refractivity contribution in [1.29, 1.82) is 0 Å². The Balaban J connectivity index is 2.64. The van der Waals surface area contributed by atoms with E-state index in [0.29, 0.717) is 0 Å². The Labute approximate surface area is 79.0 Å². The molecule has 8 nitrogen and oxygen atoms in total. The van der Waals surface area contributed by atoms with Gasteiger partial charge in [-0.3, -0.25) is 0 Å². The van der Waals surface area contributed by atoms with Crippen LogP contribution in [0.3, 0.4) is 0 Å². The summed E-state index contributed by atoms with van der Waals surface area (Å²) < 4.78 is 4.71. The molecule has 0 saturated carbocycles. The first kappa shape index (κ1) is 11.2. The lowest BCUT2D eigenvalue weighted by Gasteiger charge is -2.37. The third-order valence-electron chi connectivity index (χ3n) is 2.01. The first-order valence-electron chi connectivity index (χ1n) is 3.96. The zero-order valence-corrected chi connectivity index (χ0v) is 7.13. The average Bonchev–Trinajstić information content (AvgIpc) is 2.18. The maximum atomic E-state index is 9.32. The predicted octanol–water partition coefficient (Wildman–Crippen LogP) is -1.90. The molecule has 80 valence electrons. The fourth-order valence-corrected chi connectivity index (χ4v) is 1.20. The van der Waals surface area contributed by atoms with E-state index in [0.717, 1.165) is 0 Å². The zero-order chi connectivity index (χ0) is 10.7. The standard InChI is InChI=1S/C6H11N3O5/c7-9-8-1-2-3(10)4(11)5(12)6(13)14-2/h2-6,10-13H,1H2/t2?,3-,4-,5?,6+/m0/s1. The molecule has 0 aromatic rings. The Kier molecular flexibility index (Phi) is 3.64. The summed E-state index contributed by atoms with van der Waals surface area (Å²) in [4.78, 5) is 2.44. The van der Waals surface area contributed by atoms with E-state index in [2.05, 4.69) is 10.0 Å². The second-order valence-corrected chi connectivity index (χ2v) is 2.95. The van der Waals surface area contributed by atoms with Crippen LogP contribution >= 0.6 is 0 Å². The van der Waals surface area contributed by atoms with Gasteiger partial charge >= 0.3 is 0 Å². The average molecular weight is 205 g/mol. The molecule has 1 saturated heterocycles. The predicted molar refractivity (Wildman–Crippen MR) is 42.9 cm³/mol. The summed E-state index contributed by atoms with van der Waals surface area (Å²) >= 11 is 0. The number of hydrogen-bond acceptors (Lipinski definition) is 6. The Bertz CT molecular complexity index is 244. The van der Waals surface area contributed by atoms with Gasteiger partial charge < -0.3 is 25.2 Å². The number of rotatable bonds is 2. The molecule has 8 heteroatoms. The molecule has 0 aromatic carbocycles. The molecule has 0 spiro atoms. The summed E-state index contributed by atoms with van der Waals surface area (Å²) in [6.07, 6.45) is -7.07. The van der Waals surface area contributed by atoms with Crippen LogP contribution in [0.5, 0.6) is 0 Å². The maximum Gasteiger partial charge on any atom is 0.183 e. The summed E-state index contributed by atoms with van der Waals surface area (Å²) in [5.41, 5.74) is 8.01. The minimum absolute atomic E-state index is 0.224. The number of azide groups is 1. The Hall–Kier alpha value is -0.890. The zero-order valence-electron chi connectivity index (χ0n) is 7.13. The summed E-state index contributed by atoms with van der Waals surface area (Å²) in [6, 6.07) is 0. The van der Waals surface area contributed by atoms with E-state index in [1.165, 1.54) is 0 Å². The minimum atomic E-state index is -1.59. The van der Waals surface area contributed by atoms with Gasteiger partial charge in [0.2, 0.25) is 0 Å². The lowest BCUT2D eigenvalue weighted by atomic mass is 9.99. The third-order valence-corrected chi connectivity index (χ3v) is 2.01. The summed E-state index contributed by atoms with van der Waals surface area (Å²) in [7, 11) is 0. The second-order valence-electron chi connectivity index (χ2n) is 2.95. The largest absolute Gasteiger partial charge is 0.388 e. The lowest BCUT2D eigenvalue weighted by molar-refractivity contribution is -0.279. The van der Waals surface area contributed by atoms with Crippen LogP contribution in [0.2, 0.25) is 0 Å². The minimum Gasteiger partial charge on any atom is -0.388 e. The fourth-order valence-electron chi connectivity index (χ4n) is 1.20. The van der Waals surface area contributed by atoms with E-state index in [4.69, 9.17) is 20.5 Å². The molecule has 0 amide bonds. The van der Waals surface area contributed by atoms with Gasteiger partial charge in [0.05, 0.1) is 12.6 Å². The molecule has 1 heterocycles. The van der Waals surface area contributed by atoms with Gasteiger partial charge in [-0.2, -0.15) is 0 Å². The summed E-state index contributed by atoms with van der Waals surface area (Å²) in [6.45, 7) is -0.224. The van der Waals surface area contributed by atoms with Gasteiger partial charge in [0.15, 0.2) is 6.29 Å². The van der Waals surface area contributed by atoms with Gasteiger partial charge in [-0.05, 0) is 5.53 Å². The highest BCUT2D eigenvalue weighted by Crippen LogP contribution is 2.19. The quantitative estimate of drug-likeness (QED) is 0.237. The van der Waals surface area contributed by atoms with Crippen LogP contribution in [0.1, 0.15) is 0 Å². The molecule has 1 aliphatic rings. The molecule has 0 aliphatic carbocycles. The van der Waals surface area contributed by atoms with Crippen LogP contribution in [-0.2, 0) is 4.74 Å². The van der Waals surface area contributed by atoms with E-state index in [1.54, 1.807) is 0 Å². The van der Waals surface area contributed by atoms with Crippen molar-refractivity contribution in [2.24, 2.45) is 5.11 Å². The Morgan fingerprint density at radius 1 is 1.14 bits per heavy atom. The fraction of sp³-hybridized carbons (Fsp3) is 1.00. The van der Waals surface area contributed by atoms with Crippen LogP contribution in [0.4, 0.5) is 0 Å². The van der Waals surface area contributed by atoms with Crippen molar-refractivity contribution in [1.82, 2.24) is 0 Å². The van der Waals surface area contributed by atoms with E-state index >= 15 is 0 Å². The van der Waals surface area contributed by atoms with Crippen LogP contribution in [0.25, 0.3) is 10.4 Å². The smallest absolute Gasteiger partial charge is 0.183 e. The number of hydrogen-bond donors (Lipinski definition) is 4. The number of nitrogens with zero attached hydrogens (tertiary/aromatic N) is 3. The van der Waals surface area contributed by atoms with Gasteiger partial charge in [-0.15, -0.1) is 0 Å². The SMILES string of the molecule is [N-]=[N+]=NCC1O[C@@H](O)C(O)[C@@H](O)[C@H]1O. The molecule has 14 heavy (non-hydrogen) atoms. The highest BCUT2D eigenvalue weighted by Gasteiger charge is 2.42. The van der Waals surface area contributed by atoms with Crippen molar-refractivity contribution >= 4 is 0 Å². The Morgan fingerprint density at radius 2 is 1.79 bits per heavy atom. The molecule has 0 aromatic heterocycles. The van der Waals surface area contributed by atoms with E-state index < -0.39 is 30.7 Å². The number of aliphatic hydroxyl groups excluding tert-OH is 4. The molecular weight excluding hydrogens is 194 g/mol. The second kappa shape index (κ2) is 4.56. The van der Waals surface area contributed by atoms with Crippen LogP contribution in [0, 0.1) is 0 Å². The monoisotopic (exact) mass is 205 g/mol. The molecular formula is C6H11N3O5. The van der Waals surface area contributed by atoms with Gasteiger partial charge in [0, 0.05) is 4.91 Å². The van der Waals surface area contributed by atoms with Crippen LogP contribution in [-0.4, -0.2) is 57.7 Å². The molecule has 1 rings (SSSR count). The van der Waals surface area contributed by atoms with Gasteiger partial charge in [-0.25, -0.2) is 0 Å². The van der Waals surface area contributed by atoms with E-state index in [-0.39, 0.29) is 6.54 Å². The van der Waals surface area contributed by atoms with Gasteiger partial charge in [-0.1, -0.05) is 5.11 Å². The summed E-state index contributed by atoms with van der Waals surface area (Å²) in [5, 5.41) is 39.8. The molecule has 5 atom stereocenters. The molecule has 2 unspecified atom stereocenters. The molecule has 0 radical (unpaired) electrons. The lowest BCUT2D eigenvalue weighted by Crippen LogP contribution is -2.58. The van der Waals surface area contributed by atoms with E-state index in [1.807, 2.05) is 0 Å². The highest BCUT2D eigenvalue weighted by molar-refractivity contribution is 4.89. The molecule has 1 fully saturated rings. The van der Waals surface area contributed by atoms with Crippen molar-refractivity contribution in [3.8, 4) is 0 Å². The molecule has 0 bridgehead atoms. The van der Waals surface area contributed by atoms with Crippen molar-refractivity contribution in [2.45, 2.75) is 30.7 Å². The first-order chi connectivity index (χ1) is 6.57. The van der Waals surface area contributed by atoms with Gasteiger partial charge in [0.1, 0.15) is 18.3 Å². The van der Waals surface area contributed by atoms with Crippen molar-refractivity contribution < 1.29 is 25.2 Å². The van der Waals surface area contributed by atoms with Crippen LogP contribution < -0.4 is 0 Å². The van der Waals surface area contributed by atoms with Crippen LogP contribution in [0.15, 0.2) is 5.11 Å². The topological polar surface area (TPSA) is 139 Å². The number of aliphatic hydroxyl groups is 4. The van der Waals surface area contributed by atoms with E-state index in [9.17, 15) is 10.2 Å². The van der Waals surface area contributed by atoms with Gasteiger partial charge in [0.25, 0.3) is 0 Å². The first-order valence-corrected chi connectivity index (χ1v) is 3.96. The van der Waals surface area contributed by atoms with Crippen molar-refractivity contribution in [2.75, 3.05) is 6.54 Å². The Morgan fingerprint density at radius 3 is 2.36 bits per heavy atom. The number of ether oxygens (including phenoxy) is 1. The summed E-state index contributed by atoms with van der Waals surface area (Å²) in [5.74, 6) is 0. The van der Waals surface area contributed by atoms with Crippen molar-refractivity contribution in [3.63, 3.8) is 0 Å². The maximum absolute atomic E-state index is 9.32. The molecule has 4 N–H and O–H groups in total. The normalized spacial score (nSPS) is 43.0. The van der Waals surface area contributed by atoms with Crippen molar-refractivity contribution in [3.05, 3.63) is 10.4 Å².